The van der Waals surface area contributed by atoms with Crippen LogP contribution in [0.1, 0.15) is 81.7 Å². The summed E-state index contributed by atoms with van der Waals surface area (Å²) in [7, 11) is -6.12. The molecule has 2 saturated heterocycles. The first-order chi connectivity index (χ1) is 42.2. The van der Waals surface area contributed by atoms with Crippen molar-refractivity contribution in [3.8, 4) is 23.3 Å². The van der Waals surface area contributed by atoms with Crippen LogP contribution in [0.3, 0.4) is 0 Å². The fourth-order valence-electron chi connectivity index (χ4n) is 8.39. The summed E-state index contributed by atoms with van der Waals surface area (Å²) in [6.45, 7) is 15.3. The second-order valence-corrected chi connectivity index (χ2v) is 26.5. The Morgan fingerprint density at radius 2 is 1.09 bits per heavy atom. The molecule has 8 rings (SSSR count). The van der Waals surface area contributed by atoms with Crippen LogP contribution in [-0.4, -0.2) is 170 Å². The Labute approximate surface area is 553 Å². The quantitative estimate of drug-likeness (QED) is 0.0189. The number of carbonyl (C=O) groups is 2. The van der Waals surface area contributed by atoms with Crippen molar-refractivity contribution in [3.63, 3.8) is 0 Å². The minimum Gasteiger partial charge on any atom is -0.479 e. The zero-order valence-corrected chi connectivity index (χ0v) is 54.1. The molecule has 4 aromatic heterocycles. The summed E-state index contributed by atoms with van der Waals surface area (Å²) in [5.74, 6) is -1.66. The maximum absolute atomic E-state index is 16.0. The Morgan fingerprint density at radius 1 is 0.707 bits per heavy atom. The number of carbonyl (C=O) groups excluding carboxylic acids is 2. The number of halogens is 2. The van der Waals surface area contributed by atoms with Crippen LogP contribution in [0, 0.1) is 68.8 Å². The number of anilines is 2. The molecule has 0 saturated carbocycles. The van der Waals surface area contributed by atoms with Crippen molar-refractivity contribution in [2.24, 2.45) is 10.8 Å². The molecule has 2 aliphatic rings. The van der Waals surface area contributed by atoms with E-state index < -0.39 is 111 Å². The largest absolute Gasteiger partial charge is 0.479 e. The number of non-ortho nitro benzene ring substituents is 2. The molecule has 2 unspecified atom stereocenters. The average Bonchev–Trinajstić information content (AvgIpc) is 1.60. The summed E-state index contributed by atoms with van der Waals surface area (Å²) in [6.07, 6.45) is -5.96. The van der Waals surface area contributed by atoms with Crippen molar-refractivity contribution in [3.05, 3.63) is 81.4 Å². The van der Waals surface area contributed by atoms with Gasteiger partial charge in [-0.15, -0.1) is 0 Å². The van der Waals surface area contributed by atoms with Crippen LogP contribution in [0.2, 0.25) is 0 Å². The number of alkyl halides is 2. The Morgan fingerprint density at radius 3 is 1.46 bits per heavy atom. The van der Waals surface area contributed by atoms with Gasteiger partial charge in [0.05, 0.1) is 63.1 Å². The summed E-state index contributed by atoms with van der Waals surface area (Å²) in [5, 5.41) is 56.3. The van der Waals surface area contributed by atoms with Crippen LogP contribution >= 0.6 is 15.5 Å². The molecule has 0 bridgehead atoms. The second kappa shape index (κ2) is 30.6. The van der Waals surface area contributed by atoms with Crippen molar-refractivity contribution < 1.29 is 137 Å². The van der Waals surface area contributed by atoms with E-state index in [1.165, 1.54) is 81.0 Å². The summed E-state index contributed by atoms with van der Waals surface area (Å²) in [5.41, 5.74) is 6.51. The number of nitrogens with zero attached hydrogens (tertiary/aromatic N) is 10. The maximum Gasteiger partial charge on any atom is 0.459 e. The predicted octanol–water partition coefficient (Wildman–Crippen LogP) is 5.12. The fraction of sp³-hybridized carbons (Fsp3) is 0.538. The molecule has 0 amide bonds. The molecule has 2 aliphatic heterocycles. The molecule has 40 heteroatoms. The van der Waals surface area contributed by atoms with E-state index in [1.54, 1.807) is 0 Å². The van der Waals surface area contributed by atoms with E-state index in [4.69, 9.17) is 53.5 Å². The number of hydrogen-bond donors (Lipinski definition) is 8. The monoisotopic (exact) mass is 1370 g/mol. The van der Waals surface area contributed by atoms with E-state index >= 15 is 4.39 Å². The number of fused-ring (bicyclic) bond motifs is 2. The van der Waals surface area contributed by atoms with Crippen molar-refractivity contribution in [2.75, 3.05) is 52.1 Å². The molecule has 92 heavy (non-hydrogen) atoms. The minimum atomic E-state index is -4.52. The van der Waals surface area contributed by atoms with E-state index in [-0.39, 0.29) is 131 Å². The number of nitrogen functional groups attached to an aromatic ring is 2. The number of esters is 2. The molecule has 508 valence electrons. The first-order valence-electron chi connectivity index (χ1n) is 27.3. The summed E-state index contributed by atoms with van der Waals surface area (Å²) in [4.78, 5) is 78.8. The molecular weight excluding hydrogens is 1300 g/mol. The SMILES string of the molecule is COc1nc(N)nc2c1ncn2[C@@H]1O[C@H](CO)[C@@H](O)[C@@]1(C)F.COc1nc(N)nc2c1ncn2[C@@H]1O[C@H](COP(=O)(N[C@@H](C)C(=O)OCC(C)(C)C)Oc2ccc([N+](=O)[O-])cc2)[C@@H](O)[C@@]1(C)F.C[C@H](NP(=O)(O)Oc1ccc([N+](=O)[O-])cc1)C(=O)OCC(C)(C)C.[Ar]. The van der Waals surface area contributed by atoms with Gasteiger partial charge in [-0.05, 0) is 62.8 Å². The van der Waals surface area contributed by atoms with Gasteiger partial charge < -0.3 is 69.1 Å². The smallest absolute Gasteiger partial charge is 0.459 e. The Balaban J connectivity index is 0.000000275. The Bertz CT molecular complexity index is 3660. The summed E-state index contributed by atoms with van der Waals surface area (Å²) in [6, 6.07) is 6.95. The number of nitro groups is 2. The second-order valence-electron chi connectivity index (χ2n) is 23.3. The van der Waals surface area contributed by atoms with Gasteiger partial charge in [-0.2, -0.15) is 30.1 Å². The van der Waals surface area contributed by atoms with E-state index in [0.29, 0.717) is 0 Å². The van der Waals surface area contributed by atoms with Crippen LogP contribution in [0.4, 0.5) is 32.1 Å². The average molecular weight is 1370 g/mol. The minimum absolute atomic E-state index is 0. The van der Waals surface area contributed by atoms with Crippen molar-refractivity contribution in [1.82, 2.24) is 49.2 Å². The van der Waals surface area contributed by atoms with Crippen LogP contribution in [0.25, 0.3) is 22.3 Å². The molecule has 12 atom stereocenters. The fourth-order valence-corrected chi connectivity index (χ4v) is 11.0. The molecule has 2 fully saturated rings. The first kappa shape index (κ1) is 76.0. The zero-order valence-electron chi connectivity index (χ0n) is 51.6. The number of hydrogen-bond acceptors (Lipinski definition) is 28. The number of methoxy groups -OCH3 is 2. The van der Waals surface area contributed by atoms with Gasteiger partial charge in [0.25, 0.3) is 11.4 Å². The van der Waals surface area contributed by atoms with Crippen molar-refractivity contribution in [1.29, 1.82) is 0 Å². The molecule has 0 aliphatic carbocycles. The number of imidazole rings is 2. The number of benzene rings is 2. The molecule has 10 N–H and O–H groups in total. The molecule has 35 nitrogen and oxygen atoms in total. The van der Waals surface area contributed by atoms with Crippen molar-refractivity contribution >= 4 is 73.0 Å². The van der Waals surface area contributed by atoms with Crippen LogP contribution < -0.4 is 40.2 Å². The number of nitrogens with one attached hydrogen (secondary N) is 2. The van der Waals surface area contributed by atoms with Gasteiger partial charge in [-0.25, -0.2) is 27.9 Å². The number of nitro benzene ring substituents is 2. The standard InChI is InChI=1S/C26H35FN7O10P.C14H21N2O7P.C12H16FN5O4.Ar/c1-14(22(36)41-12-25(2,3)4)32-45(39,44-16-9-7-15(8-10-16)34(37)38)42-11-17-19(35)26(5,27)23(43-17)33-13-29-18-20(33)30-24(28)31-21(18)40-6;1-10(13(17)22-9-14(2,3)4)15-24(20,21)23-12-7-5-11(6-8-12)16(18)19;1-12(13)7(20)5(3-19)22-10(12)18-4-15-6-8(18)16-11(14)17-9(6)21-2;/h7-10,13-14,17,19,23,35H,11-12H2,1-6H3,(H,32,39)(H2,28,30,31);5-8,10H,9H2,1-4H3,(H2,15,20,21);4-5,7,10,19-20H,3H2,1-2H3,(H2,14,16,17);/t14-,17+,19+,23+,26+,45?;10-;5-,7-,10-,12-;/m001./s1. The normalized spacial score (nSPS) is 23.2. The van der Waals surface area contributed by atoms with Gasteiger partial charge in [-0.1, -0.05) is 41.5 Å². The number of aliphatic hydroxyl groups excluding tert-OH is 3. The van der Waals surface area contributed by atoms with E-state index in [0.717, 1.165) is 31.2 Å². The number of aromatic nitrogens is 8. The number of ether oxygens (including phenoxy) is 6. The van der Waals surface area contributed by atoms with Gasteiger partial charge in [0.2, 0.25) is 23.7 Å². The van der Waals surface area contributed by atoms with E-state index in [2.05, 4.69) is 40.1 Å². The number of rotatable bonds is 22. The van der Waals surface area contributed by atoms with E-state index in [1.807, 2.05) is 41.5 Å². The number of nitrogens with two attached hydrogens (primary N) is 2. The van der Waals surface area contributed by atoms with Crippen LogP contribution in [-0.2, 0) is 42.2 Å². The topological polar surface area (TPSA) is 482 Å². The third kappa shape index (κ3) is 19.2. The molecule has 0 spiro atoms. The summed E-state index contributed by atoms with van der Waals surface area (Å²) >= 11 is 0. The maximum atomic E-state index is 16.0. The third-order valence-corrected chi connectivity index (χ3v) is 15.8. The zero-order chi connectivity index (χ0) is 67.9. The first-order valence-corrected chi connectivity index (χ1v) is 30.4. The molecule has 0 radical (unpaired) electrons. The number of aliphatic hydroxyl groups is 3. The van der Waals surface area contributed by atoms with Crippen molar-refractivity contribution in [2.45, 2.75) is 130 Å². The van der Waals surface area contributed by atoms with Crippen LogP contribution in [0.15, 0.2) is 61.2 Å². The summed E-state index contributed by atoms with van der Waals surface area (Å²) < 4.78 is 107. The predicted molar refractivity (Wildman–Crippen MR) is 315 cm³/mol. The molecule has 6 heterocycles. The molecule has 2 aromatic carbocycles. The van der Waals surface area contributed by atoms with E-state index in [9.17, 15) is 63.6 Å². The van der Waals surface area contributed by atoms with Gasteiger partial charge >= 0.3 is 27.4 Å². The molecular formula is C52H72ArF2N14O21P2. The van der Waals surface area contributed by atoms with Gasteiger partial charge in [-0.3, -0.25) is 43.5 Å². The Hall–Kier alpha value is -6.70. The Kier molecular flexibility index (Phi) is 25.3. The third-order valence-electron chi connectivity index (χ3n) is 13.0. The van der Waals surface area contributed by atoms with Crippen LogP contribution in [0.5, 0.6) is 23.3 Å². The van der Waals surface area contributed by atoms with Gasteiger partial charge in [0.15, 0.2) is 46.1 Å². The molecule has 6 aromatic rings. The van der Waals surface area contributed by atoms with Gasteiger partial charge in [0.1, 0.15) is 48.0 Å². The van der Waals surface area contributed by atoms with Gasteiger partial charge in [0, 0.05) is 62.0 Å².